The van der Waals surface area contributed by atoms with Crippen molar-refractivity contribution in [1.29, 1.82) is 0 Å². The second kappa shape index (κ2) is 4.86. The van der Waals surface area contributed by atoms with Crippen LogP contribution < -0.4 is 5.32 Å². The molecule has 1 aromatic carbocycles. The summed E-state index contributed by atoms with van der Waals surface area (Å²) in [6.07, 6.45) is 5.91. The van der Waals surface area contributed by atoms with Crippen LogP contribution in [0.1, 0.15) is 45.1 Å². The van der Waals surface area contributed by atoms with Crippen LogP contribution in [0.2, 0.25) is 0 Å². The van der Waals surface area contributed by atoms with Crippen molar-refractivity contribution in [2.45, 2.75) is 45.1 Å². The van der Waals surface area contributed by atoms with Crippen LogP contribution in [0.4, 0.5) is 5.95 Å². The molecule has 2 aromatic rings. The maximum atomic E-state index is 12.3. The number of carbonyl (C=O) groups is 1. The second-order valence-electron chi connectivity index (χ2n) is 6.54. The Morgan fingerprint density at radius 1 is 1.29 bits per heavy atom. The highest BCUT2D eigenvalue weighted by Crippen LogP contribution is 2.39. The SMILES string of the molecule is CC1CC1C(=O)Nc1nc2ccccc2n1C1CCCC1. The van der Waals surface area contributed by atoms with Gasteiger partial charge in [0.15, 0.2) is 0 Å². The highest BCUT2D eigenvalue weighted by atomic mass is 16.2. The average Bonchev–Trinajstić information content (AvgIpc) is 2.91. The molecule has 4 rings (SSSR count). The Bertz CT molecular complexity index is 684. The van der Waals surface area contributed by atoms with E-state index >= 15 is 0 Å². The molecule has 0 radical (unpaired) electrons. The Morgan fingerprint density at radius 3 is 2.71 bits per heavy atom. The van der Waals surface area contributed by atoms with Crippen LogP contribution in [0.25, 0.3) is 11.0 Å². The van der Waals surface area contributed by atoms with Gasteiger partial charge in [0.25, 0.3) is 0 Å². The number of benzene rings is 1. The average molecular weight is 283 g/mol. The number of nitrogens with zero attached hydrogens (tertiary/aromatic N) is 2. The number of hydrogen-bond donors (Lipinski definition) is 1. The molecule has 1 N–H and O–H groups in total. The number of amides is 1. The van der Waals surface area contributed by atoms with Crippen LogP contribution >= 0.6 is 0 Å². The van der Waals surface area contributed by atoms with Crippen molar-refractivity contribution in [2.24, 2.45) is 11.8 Å². The lowest BCUT2D eigenvalue weighted by molar-refractivity contribution is -0.117. The molecule has 110 valence electrons. The van der Waals surface area contributed by atoms with Crippen molar-refractivity contribution in [3.8, 4) is 0 Å². The fourth-order valence-corrected chi connectivity index (χ4v) is 3.56. The number of para-hydroxylation sites is 2. The number of aromatic nitrogens is 2. The number of imidazole rings is 1. The van der Waals surface area contributed by atoms with Crippen LogP contribution in [-0.4, -0.2) is 15.5 Å². The minimum absolute atomic E-state index is 0.136. The zero-order chi connectivity index (χ0) is 14.4. The molecule has 0 spiro atoms. The van der Waals surface area contributed by atoms with Gasteiger partial charge >= 0.3 is 0 Å². The molecule has 1 amide bonds. The molecule has 0 aliphatic heterocycles. The molecule has 2 fully saturated rings. The fourth-order valence-electron chi connectivity index (χ4n) is 3.56. The number of carbonyl (C=O) groups excluding carboxylic acids is 1. The van der Waals surface area contributed by atoms with Crippen molar-refractivity contribution < 1.29 is 4.79 Å². The summed E-state index contributed by atoms with van der Waals surface area (Å²) in [7, 11) is 0. The first-order valence-corrected chi connectivity index (χ1v) is 8.02. The lowest BCUT2D eigenvalue weighted by Gasteiger charge is -2.16. The van der Waals surface area contributed by atoms with Gasteiger partial charge in [0, 0.05) is 12.0 Å². The van der Waals surface area contributed by atoms with Gasteiger partial charge in [-0.25, -0.2) is 4.98 Å². The molecule has 0 bridgehead atoms. The summed E-state index contributed by atoms with van der Waals surface area (Å²) in [4.78, 5) is 16.9. The summed E-state index contributed by atoms with van der Waals surface area (Å²) in [5.41, 5.74) is 2.12. The van der Waals surface area contributed by atoms with Gasteiger partial charge in [0.2, 0.25) is 11.9 Å². The molecule has 4 heteroatoms. The lowest BCUT2D eigenvalue weighted by Crippen LogP contribution is -2.19. The molecule has 0 saturated heterocycles. The monoisotopic (exact) mass is 283 g/mol. The number of anilines is 1. The summed E-state index contributed by atoms with van der Waals surface area (Å²) >= 11 is 0. The van der Waals surface area contributed by atoms with Gasteiger partial charge in [-0.05, 0) is 37.3 Å². The molecule has 1 heterocycles. The van der Waals surface area contributed by atoms with Gasteiger partial charge in [0.1, 0.15) is 0 Å². The van der Waals surface area contributed by atoms with E-state index in [1.807, 2.05) is 18.2 Å². The largest absolute Gasteiger partial charge is 0.307 e. The smallest absolute Gasteiger partial charge is 0.230 e. The molecule has 21 heavy (non-hydrogen) atoms. The van der Waals surface area contributed by atoms with Crippen LogP contribution in [0, 0.1) is 11.8 Å². The Labute approximate surface area is 124 Å². The molecular weight excluding hydrogens is 262 g/mol. The standard InChI is InChI=1S/C17H21N3O/c1-11-10-13(11)16(21)19-17-18-14-8-4-5-9-15(14)20(17)12-6-2-3-7-12/h4-5,8-9,11-13H,2-3,6-7,10H2,1H3,(H,18,19,21). The van der Waals surface area contributed by atoms with E-state index in [0.717, 1.165) is 23.4 Å². The Kier molecular flexibility index (Phi) is 2.98. The van der Waals surface area contributed by atoms with Crippen molar-refractivity contribution in [3.63, 3.8) is 0 Å². The predicted molar refractivity (Wildman–Crippen MR) is 83.1 cm³/mol. The summed E-state index contributed by atoms with van der Waals surface area (Å²) in [6, 6.07) is 8.66. The van der Waals surface area contributed by atoms with Crippen LogP contribution in [0.5, 0.6) is 0 Å². The maximum Gasteiger partial charge on any atom is 0.230 e. The topological polar surface area (TPSA) is 46.9 Å². The third-order valence-electron chi connectivity index (χ3n) is 4.97. The number of rotatable bonds is 3. The molecule has 2 aliphatic rings. The van der Waals surface area contributed by atoms with E-state index in [2.05, 4.69) is 27.9 Å². The van der Waals surface area contributed by atoms with Gasteiger partial charge in [-0.1, -0.05) is 31.9 Å². The van der Waals surface area contributed by atoms with Gasteiger partial charge in [-0.2, -0.15) is 0 Å². The lowest BCUT2D eigenvalue weighted by atomic mass is 10.2. The van der Waals surface area contributed by atoms with Crippen LogP contribution in [0.3, 0.4) is 0 Å². The van der Waals surface area contributed by atoms with E-state index in [1.54, 1.807) is 0 Å². The van der Waals surface area contributed by atoms with E-state index in [4.69, 9.17) is 0 Å². The first-order chi connectivity index (χ1) is 10.2. The minimum Gasteiger partial charge on any atom is -0.307 e. The quantitative estimate of drug-likeness (QED) is 0.932. The van der Waals surface area contributed by atoms with Gasteiger partial charge < -0.3 is 4.57 Å². The number of fused-ring (bicyclic) bond motifs is 1. The molecule has 4 nitrogen and oxygen atoms in total. The van der Waals surface area contributed by atoms with Crippen LogP contribution in [-0.2, 0) is 4.79 Å². The Hall–Kier alpha value is -1.84. The van der Waals surface area contributed by atoms with E-state index in [1.165, 1.54) is 25.7 Å². The molecule has 2 aliphatic carbocycles. The van der Waals surface area contributed by atoms with E-state index in [0.29, 0.717) is 12.0 Å². The number of nitrogens with one attached hydrogen (secondary N) is 1. The van der Waals surface area contributed by atoms with Gasteiger partial charge in [-0.15, -0.1) is 0 Å². The second-order valence-corrected chi connectivity index (χ2v) is 6.54. The molecule has 2 saturated carbocycles. The zero-order valence-electron chi connectivity index (χ0n) is 12.4. The highest BCUT2D eigenvalue weighted by Gasteiger charge is 2.39. The van der Waals surface area contributed by atoms with Crippen molar-refractivity contribution in [3.05, 3.63) is 24.3 Å². The van der Waals surface area contributed by atoms with Crippen LogP contribution in [0.15, 0.2) is 24.3 Å². The molecule has 2 atom stereocenters. The van der Waals surface area contributed by atoms with E-state index < -0.39 is 0 Å². The molecule has 1 aromatic heterocycles. The summed E-state index contributed by atoms with van der Waals surface area (Å²) in [6.45, 7) is 2.13. The highest BCUT2D eigenvalue weighted by molar-refractivity contribution is 5.94. The minimum atomic E-state index is 0.136. The summed E-state index contributed by atoms with van der Waals surface area (Å²) in [5, 5.41) is 3.08. The van der Waals surface area contributed by atoms with Gasteiger partial charge in [-0.3, -0.25) is 10.1 Å². The normalized spacial score (nSPS) is 25.4. The molecular formula is C17H21N3O. The third-order valence-corrected chi connectivity index (χ3v) is 4.97. The third kappa shape index (κ3) is 2.23. The first kappa shape index (κ1) is 12.9. The van der Waals surface area contributed by atoms with E-state index in [-0.39, 0.29) is 11.8 Å². The van der Waals surface area contributed by atoms with Crippen molar-refractivity contribution >= 4 is 22.9 Å². The maximum absolute atomic E-state index is 12.3. The predicted octanol–water partition coefficient (Wildman–Crippen LogP) is 3.75. The summed E-state index contributed by atoms with van der Waals surface area (Å²) < 4.78 is 2.26. The molecule has 2 unspecified atom stereocenters. The number of hydrogen-bond acceptors (Lipinski definition) is 2. The van der Waals surface area contributed by atoms with Crippen molar-refractivity contribution in [2.75, 3.05) is 5.32 Å². The fraction of sp³-hybridized carbons (Fsp3) is 0.529. The van der Waals surface area contributed by atoms with E-state index in [9.17, 15) is 4.79 Å². The zero-order valence-corrected chi connectivity index (χ0v) is 12.4. The first-order valence-electron chi connectivity index (χ1n) is 8.02. The van der Waals surface area contributed by atoms with Gasteiger partial charge in [0.05, 0.1) is 11.0 Å². The summed E-state index contributed by atoms with van der Waals surface area (Å²) in [5.74, 6) is 1.58. The Morgan fingerprint density at radius 2 is 2.00 bits per heavy atom. The Balaban J connectivity index is 1.72. The van der Waals surface area contributed by atoms with Crippen molar-refractivity contribution in [1.82, 2.24) is 9.55 Å².